The van der Waals surface area contributed by atoms with Crippen LogP contribution >= 0.6 is 0 Å². The van der Waals surface area contributed by atoms with Gasteiger partial charge in [0.2, 0.25) is 0 Å². The second kappa shape index (κ2) is 14.7. The Bertz CT molecular complexity index is 1900. The van der Waals surface area contributed by atoms with Crippen LogP contribution in [0.15, 0.2) is 91.1 Å². The first-order chi connectivity index (χ1) is 23.8. The molecule has 1 aromatic heterocycles. The van der Waals surface area contributed by atoms with Crippen molar-refractivity contribution in [1.29, 1.82) is 0 Å². The Morgan fingerprint density at radius 2 is 0.960 bits per heavy atom. The molecule has 1 heterocycles. The summed E-state index contributed by atoms with van der Waals surface area (Å²) in [4.78, 5) is 4.91. The summed E-state index contributed by atoms with van der Waals surface area (Å²) in [6.07, 6.45) is 0.124. The first kappa shape index (κ1) is 36.1. The van der Waals surface area contributed by atoms with Crippen LogP contribution in [0.25, 0.3) is 22.6 Å². The fraction of sp³-hybridized carbons (Fsp3) is 0.325. The summed E-state index contributed by atoms with van der Waals surface area (Å²) in [5.74, 6) is 4.26. The van der Waals surface area contributed by atoms with Crippen molar-refractivity contribution in [2.24, 2.45) is 7.05 Å². The minimum atomic E-state index is -0.941. The van der Waals surface area contributed by atoms with Gasteiger partial charge in [-0.15, -0.1) is 0 Å². The number of rotatable bonds is 14. The molecule has 0 fully saturated rings. The number of benzene rings is 4. The van der Waals surface area contributed by atoms with Gasteiger partial charge in [-0.2, -0.15) is 0 Å². The van der Waals surface area contributed by atoms with Crippen molar-refractivity contribution in [2.75, 3.05) is 28.4 Å². The summed E-state index contributed by atoms with van der Waals surface area (Å²) in [5.41, 5.74) is 2.06. The van der Waals surface area contributed by atoms with Gasteiger partial charge in [0.05, 0.1) is 34.1 Å². The largest absolute Gasteiger partial charge is 0.493 e. The van der Waals surface area contributed by atoms with E-state index in [0.717, 1.165) is 22.6 Å². The number of imidazole rings is 1. The average molecular weight is 683 g/mol. The zero-order valence-corrected chi connectivity index (χ0v) is 30.1. The van der Waals surface area contributed by atoms with Crippen molar-refractivity contribution in [3.63, 3.8) is 0 Å². The molecule has 2 N–H and O–H groups in total. The van der Waals surface area contributed by atoms with Crippen LogP contribution in [0, 0.1) is 0 Å². The van der Waals surface area contributed by atoms with E-state index in [1.54, 1.807) is 64.8 Å². The predicted molar refractivity (Wildman–Crippen MR) is 193 cm³/mol. The highest BCUT2D eigenvalue weighted by Crippen LogP contribution is 2.38. The smallest absolute Gasteiger partial charge is 0.161 e. The quantitative estimate of drug-likeness (QED) is 0.122. The third kappa shape index (κ3) is 7.66. The molecule has 0 amide bonds. The SMILES string of the molecule is COc1ccc(C(O)C(C)(C)Oc2ccc(-c3cn(C)c(-c4ccc(OC(C)(C)C(O)c5ccc(OC)c(OC)c5)cc4)n3)cc2)cc1OC. The Labute approximate surface area is 293 Å². The van der Waals surface area contributed by atoms with Crippen LogP contribution in [-0.2, 0) is 7.05 Å². The molecule has 264 valence electrons. The first-order valence-corrected chi connectivity index (χ1v) is 16.2. The molecule has 50 heavy (non-hydrogen) atoms. The Hall–Kier alpha value is -5.19. The molecule has 0 saturated carbocycles. The third-order valence-electron chi connectivity index (χ3n) is 8.66. The normalized spacial score (nSPS) is 12.9. The number of aliphatic hydroxyl groups is 2. The van der Waals surface area contributed by atoms with Crippen LogP contribution < -0.4 is 28.4 Å². The average Bonchev–Trinajstić information content (AvgIpc) is 3.51. The van der Waals surface area contributed by atoms with Crippen LogP contribution in [0.5, 0.6) is 34.5 Å². The molecule has 0 aliphatic rings. The molecule has 5 aromatic rings. The highest BCUT2D eigenvalue weighted by Gasteiger charge is 2.33. The van der Waals surface area contributed by atoms with Crippen molar-refractivity contribution in [3.05, 3.63) is 102 Å². The zero-order valence-electron chi connectivity index (χ0n) is 30.1. The first-order valence-electron chi connectivity index (χ1n) is 16.2. The van der Waals surface area contributed by atoms with Gasteiger partial charge >= 0.3 is 0 Å². The molecule has 0 bridgehead atoms. The summed E-state index contributed by atoms with van der Waals surface area (Å²) in [6.45, 7) is 7.35. The molecule has 0 aliphatic carbocycles. The van der Waals surface area contributed by atoms with E-state index >= 15 is 0 Å². The maximum atomic E-state index is 11.2. The predicted octanol–water partition coefficient (Wildman–Crippen LogP) is 7.57. The van der Waals surface area contributed by atoms with Crippen LogP contribution in [0.3, 0.4) is 0 Å². The molecule has 10 heteroatoms. The van der Waals surface area contributed by atoms with Gasteiger partial charge in [0.25, 0.3) is 0 Å². The van der Waals surface area contributed by atoms with Crippen LogP contribution in [-0.4, -0.2) is 59.4 Å². The van der Waals surface area contributed by atoms with Gasteiger partial charge in [0, 0.05) is 24.4 Å². The van der Waals surface area contributed by atoms with E-state index in [4.69, 9.17) is 33.4 Å². The van der Waals surface area contributed by atoms with Crippen molar-refractivity contribution in [3.8, 4) is 57.1 Å². The lowest BCUT2D eigenvalue weighted by Crippen LogP contribution is -2.36. The summed E-state index contributed by atoms with van der Waals surface area (Å²) < 4.78 is 35.9. The Balaban J connectivity index is 1.26. The molecule has 0 saturated heterocycles. The third-order valence-corrected chi connectivity index (χ3v) is 8.66. The fourth-order valence-corrected chi connectivity index (χ4v) is 5.81. The lowest BCUT2D eigenvalue weighted by Gasteiger charge is -2.32. The number of hydrogen-bond donors (Lipinski definition) is 2. The van der Waals surface area contributed by atoms with Crippen LogP contribution in [0.1, 0.15) is 51.0 Å². The fourth-order valence-electron chi connectivity index (χ4n) is 5.81. The van der Waals surface area contributed by atoms with E-state index in [0.29, 0.717) is 45.6 Å². The van der Waals surface area contributed by atoms with E-state index in [2.05, 4.69) is 0 Å². The van der Waals surface area contributed by atoms with Crippen LogP contribution in [0.2, 0.25) is 0 Å². The minimum absolute atomic E-state index is 0.536. The van der Waals surface area contributed by atoms with E-state index in [9.17, 15) is 10.2 Å². The topological polar surface area (TPSA) is 114 Å². The molecular formula is C40H46N2O8. The highest BCUT2D eigenvalue weighted by molar-refractivity contribution is 5.66. The maximum Gasteiger partial charge on any atom is 0.161 e. The molecule has 10 nitrogen and oxygen atoms in total. The van der Waals surface area contributed by atoms with E-state index in [1.165, 1.54) is 0 Å². The Morgan fingerprint density at radius 3 is 1.36 bits per heavy atom. The van der Waals surface area contributed by atoms with Gasteiger partial charge in [-0.25, -0.2) is 4.98 Å². The van der Waals surface area contributed by atoms with Gasteiger partial charge in [-0.1, -0.05) is 12.1 Å². The monoisotopic (exact) mass is 682 g/mol. The van der Waals surface area contributed by atoms with Gasteiger partial charge in [-0.3, -0.25) is 0 Å². The lowest BCUT2D eigenvalue weighted by molar-refractivity contribution is -0.0302. The van der Waals surface area contributed by atoms with Crippen molar-refractivity contribution >= 4 is 0 Å². The number of aryl methyl sites for hydroxylation is 1. The molecule has 2 unspecified atom stereocenters. The summed E-state index contributed by atoms with van der Waals surface area (Å²) in [6, 6.07) is 25.9. The van der Waals surface area contributed by atoms with Gasteiger partial charge in [0.1, 0.15) is 40.7 Å². The van der Waals surface area contributed by atoms with Crippen molar-refractivity contribution < 1.29 is 38.6 Å². The van der Waals surface area contributed by atoms with Crippen LogP contribution in [0.4, 0.5) is 0 Å². The molecule has 5 rings (SSSR count). The second-order valence-electron chi connectivity index (χ2n) is 13.1. The Morgan fingerprint density at radius 1 is 0.560 bits per heavy atom. The lowest BCUT2D eigenvalue weighted by atomic mass is 9.94. The number of aliphatic hydroxyl groups excluding tert-OH is 2. The highest BCUT2D eigenvalue weighted by atomic mass is 16.5. The molecule has 0 spiro atoms. The number of nitrogens with zero attached hydrogens (tertiary/aromatic N) is 2. The molecule has 2 atom stereocenters. The van der Waals surface area contributed by atoms with E-state index in [1.807, 2.05) is 94.0 Å². The number of hydrogen-bond acceptors (Lipinski definition) is 9. The maximum absolute atomic E-state index is 11.2. The van der Waals surface area contributed by atoms with Crippen molar-refractivity contribution in [1.82, 2.24) is 9.55 Å². The van der Waals surface area contributed by atoms with Gasteiger partial charge < -0.3 is 43.2 Å². The van der Waals surface area contributed by atoms with E-state index in [-0.39, 0.29) is 0 Å². The number of ether oxygens (including phenoxy) is 6. The van der Waals surface area contributed by atoms with E-state index < -0.39 is 23.4 Å². The summed E-state index contributed by atoms with van der Waals surface area (Å²) >= 11 is 0. The number of methoxy groups -OCH3 is 4. The van der Waals surface area contributed by atoms with Crippen molar-refractivity contribution in [2.45, 2.75) is 51.1 Å². The molecular weight excluding hydrogens is 636 g/mol. The minimum Gasteiger partial charge on any atom is -0.493 e. The molecule has 0 aliphatic heterocycles. The molecule has 0 radical (unpaired) electrons. The summed E-state index contributed by atoms with van der Waals surface area (Å²) in [5, 5.41) is 22.4. The second-order valence-corrected chi connectivity index (χ2v) is 13.1. The number of aromatic nitrogens is 2. The summed E-state index contributed by atoms with van der Waals surface area (Å²) in [7, 11) is 8.22. The van der Waals surface area contributed by atoms with Gasteiger partial charge in [-0.05, 0) is 112 Å². The van der Waals surface area contributed by atoms with Gasteiger partial charge in [0.15, 0.2) is 23.0 Å². The molecule has 4 aromatic carbocycles. The standard InChI is InChI=1S/C40H46N2O8/c1-39(2,36(43)27-14-20-32(45-6)34(22-27)47-8)49-29-16-10-25(11-17-29)31-24-42(5)38(41-31)26-12-18-30(19-13-26)50-40(3,4)37(44)28-15-21-33(46-7)35(23-28)48-9/h10-24,36-37,43-44H,1-9H3. The zero-order chi connectivity index (χ0) is 36.2. The Kier molecular flexibility index (Phi) is 10.6.